The third kappa shape index (κ3) is 2.00. The molecule has 0 radical (unpaired) electrons. The number of aromatic nitrogens is 3. The Kier molecular flexibility index (Phi) is 3.43. The predicted molar refractivity (Wildman–Crippen MR) is 97.2 cm³/mol. The molecule has 0 spiro atoms. The van der Waals surface area contributed by atoms with Gasteiger partial charge < -0.3 is 9.67 Å². The monoisotopic (exact) mass is 319 g/mol. The van der Waals surface area contributed by atoms with Crippen LogP contribution in [0.4, 0.5) is 0 Å². The van der Waals surface area contributed by atoms with E-state index in [-0.39, 0.29) is 6.61 Å². The molecule has 1 N–H and O–H groups in total. The lowest BCUT2D eigenvalue weighted by Crippen LogP contribution is -1.95. The van der Waals surface area contributed by atoms with Crippen LogP contribution in [0.3, 0.4) is 0 Å². The zero-order chi connectivity index (χ0) is 16.8. The standard InChI is InChI=1S/C20H21N3O/c1-4-22-16-10-13(2)14(3)11-17(16)23-18(12-24)19(21-20(22)23)15-8-6-5-7-9-15/h5-11,24H,4,12H2,1-3H3. The summed E-state index contributed by atoms with van der Waals surface area (Å²) in [5.74, 6) is 0.889. The Morgan fingerprint density at radius 1 is 1.00 bits per heavy atom. The van der Waals surface area contributed by atoms with Gasteiger partial charge in [-0.05, 0) is 44.0 Å². The van der Waals surface area contributed by atoms with Crippen LogP contribution in [0.25, 0.3) is 28.1 Å². The van der Waals surface area contributed by atoms with Crippen molar-refractivity contribution in [3.63, 3.8) is 0 Å². The van der Waals surface area contributed by atoms with Crippen LogP contribution < -0.4 is 0 Å². The molecule has 0 saturated heterocycles. The van der Waals surface area contributed by atoms with E-state index in [1.165, 1.54) is 11.1 Å². The predicted octanol–water partition coefficient (Wildman–Crippen LogP) is 4.09. The van der Waals surface area contributed by atoms with Gasteiger partial charge in [0.1, 0.15) is 0 Å². The summed E-state index contributed by atoms with van der Waals surface area (Å²) in [4.78, 5) is 4.89. The topological polar surface area (TPSA) is 42.5 Å². The number of hydrogen-bond acceptors (Lipinski definition) is 2. The Morgan fingerprint density at radius 2 is 1.67 bits per heavy atom. The van der Waals surface area contributed by atoms with Crippen molar-refractivity contribution in [2.45, 2.75) is 33.9 Å². The quantitative estimate of drug-likeness (QED) is 0.618. The average Bonchev–Trinajstić information content (AvgIpc) is 3.10. The highest BCUT2D eigenvalue weighted by Crippen LogP contribution is 2.31. The number of aliphatic hydroxyl groups is 1. The van der Waals surface area contributed by atoms with E-state index in [2.05, 4.69) is 41.9 Å². The van der Waals surface area contributed by atoms with E-state index in [1.54, 1.807) is 0 Å². The normalized spacial score (nSPS) is 11.7. The highest BCUT2D eigenvalue weighted by Gasteiger charge is 2.20. The molecule has 0 saturated carbocycles. The Balaban J connectivity index is 2.15. The third-order valence-corrected chi connectivity index (χ3v) is 4.83. The van der Waals surface area contributed by atoms with Crippen molar-refractivity contribution in [3.05, 3.63) is 59.3 Å². The first-order valence-electron chi connectivity index (χ1n) is 8.32. The Bertz CT molecular complexity index is 1040. The molecule has 0 unspecified atom stereocenters. The van der Waals surface area contributed by atoms with Gasteiger partial charge in [0.2, 0.25) is 5.78 Å². The summed E-state index contributed by atoms with van der Waals surface area (Å²) in [5, 5.41) is 10.1. The second kappa shape index (κ2) is 5.49. The molecule has 4 aromatic rings. The molecule has 0 fully saturated rings. The van der Waals surface area contributed by atoms with E-state index in [9.17, 15) is 5.11 Å². The van der Waals surface area contributed by atoms with Crippen LogP contribution in [0, 0.1) is 13.8 Å². The molecule has 0 atom stereocenters. The fourth-order valence-corrected chi connectivity index (χ4v) is 3.45. The molecule has 4 nitrogen and oxygen atoms in total. The average molecular weight is 319 g/mol. The second-order valence-corrected chi connectivity index (χ2v) is 6.24. The smallest absolute Gasteiger partial charge is 0.215 e. The molecule has 2 aromatic carbocycles. The van der Waals surface area contributed by atoms with Gasteiger partial charge in [0.15, 0.2) is 0 Å². The van der Waals surface area contributed by atoms with Gasteiger partial charge in [-0.2, -0.15) is 0 Å². The van der Waals surface area contributed by atoms with Crippen molar-refractivity contribution in [3.8, 4) is 11.3 Å². The maximum Gasteiger partial charge on any atom is 0.215 e. The second-order valence-electron chi connectivity index (χ2n) is 6.24. The molecule has 0 aliphatic heterocycles. The third-order valence-electron chi connectivity index (χ3n) is 4.83. The molecular formula is C20H21N3O. The van der Waals surface area contributed by atoms with Gasteiger partial charge in [-0.1, -0.05) is 30.3 Å². The van der Waals surface area contributed by atoms with Crippen LogP contribution in [-0.4, -0.2) is 19.1 Å². The van der Waals surface area contributed by atoms with Gasteiger partial charge in [0.05, 0.1) is 29.0 Å². The van der Waals surface area contributed by atoms with Crippen molar-refractivity contribution in [2.24, 2.45) is 0 Å². The highest BCUT2D eigenvalue weighted by molar-refractivity contribution is 5.85. The largest absolute Gasteiger partial charge is 0.390 e. The first kappa shape index (κ1) is 15.0. The molecule has 4 heteroatoms. The molecule has 0 aliphatic carbocycles. The van der Waals surface area contributed by atoms with Crippen LogP contribution in [0.1, 0.15) is 23.7 Å². The molecule has 0 bridgehead atoms. The van der Waals surface area contributed by atoms with Gasteiger partial charge in [-0.25, -0.2) is 4.98 Å². The summed E-state index contributed by atoms with van der Waals surface area (Å²) >= 11 is 0. The molecule has 24 heavy (non-hydrogen) atoms. The van der Waals surface area contributed by atoms with Crippen LogP contribution in [0.5, 0.6) is 0 Å². The molecule has 0 amide bonds. The highest BCUT2D eigenvalue weighted by atomic mass is 16.3. The van der Waals surface area contributed by atoms with Crippen molar-refractivity contribution in [2.75, 3.05) is 0 Å². The van der Waals surface area contributed by atoms with Crippen molar-refractivity contribution in [1.29, 1.82) is 0 Å². The fourth-order valence-electron chi connectivity index (χ4n) is 3.45. The molecule has 0 aliphatic rings. The number of benzene rings is 2. The number of rotatable bonds is 3. The number of fused-ring (bicyclic) bond motifs is 3. The minimum atomic E-state index is -0.0405. The van der Waals surface area contributed by atoms with Crippen LogP contribution in [0.15, 0.2) is 42.5 Å². The Labute approximate surface area is 141 Å². The molecule has 2 aromatic heterocycles. The summed E-state index contributed by atoms with van der Waals surface area (Å²) in [6.07, 6.45) is 0. The Hall–Kier alpha value is -2.59. The number of aliphatic hydroxyl groups excluding tert-OH is 1. The van der Waals surface area contributed by atoms with Gasteiger partial charge in [-0.15, -0.1) is 0 Å². The minimum Gasteiger partial charge on any atom is -0.390 e. The maximum atomic E-state index is 10.1. The lowest BCUT2D eigenvalue weighted by atomic mass is 10.1. The van der Waals surface area contributed by atoms with E-state index in [0.29, 0.717) is 0 Å². The summed E-state index contributed by atoms with van der Waals surface area (Å²) < 4.78 is 4.32. The number of hydrogen-bond donors (Lipinski definition) is 1. The maximum absolute atomic E-state index is 10.1. The first-order chi connectivity index (χ1) is 11.7. The van der Waals surface area contributed by atoms with Gasteiger partial charge in [-0.3, -0.25) is 4.40 Å². The Morgan fingerprint density at radius 3 is 2.29 bits per heavy atom. The molecule has 2 heterocycles. The minimum absolute atomic E-state index is 0.0405. The molecular weight excluding hydrogens is 298 g/mol. The lowest BCUT2D eigenvalue weighted by molar-refractivity contribution is 0.277. The summed E-state index contributed by atoms with van der Waals surface area (Å²) in [6, 6.07) is 14.5. The van der Waals surface area contributed by atoms with Gasteiger partial charge in [0.25, 0.3) is 0 Å². The van der Waals surface area contributed by atoms with E-state index >= 15 is 0 Å². The summed E-state index contributed by atoms with van der Waals surface area (Å²) in [5.41, 5.74) is 7.52. The van der Waals surface area contributed by atoms with E-state index in [1.807, 2.05) is 30.3 Å². The first-order valence-corrected chi connectivity index (χ1v) is 8.32. The zero-order valence-corrected chi connectivity index (χ0v) is 14.2. The van der Waals surface area contributed by atoms with Crippen LogP contribution in [-0.2, 0) is 13.2 Å². The van der Waals surface area contributed by atoms with E-state index < -0.39 is 0 Å². The van der Waals surface area contributed by atoms with Crippen LogP contribution >= 0.6 is 0 Å². The van der Waals surface area contributed by atoms with Crippen LogP contribution in [0.2, 0.25) is 0 Å². The summed E-state index contributed by atoms with van der Waals surface area (Å²) in [7, 11) is 0. The van der Waals surface area contributed by atoms with E-state index in [0.717, 1.165) is 40.3 Å². The molecule has 122 valence electrons. The fraction of sp³-hybridized carbons (Fsp3) is 0.250. The number of imidazole rings is 2. The van der Waals surface area contributed by atoms with E-state index in [4.69, 9.17) is 4.98 Å². The molecule has 4 rings (SSSR count). The van der Waals surface area contributed by atoms with Crippen molar-refractivity contribution in [1.82, 2.24) is 14.0 Å². The zero-order valence-electron chi connectivity index (χ0n) is 14.2. The van der Waals surface area contributed by atoms with Crippen molar-refractivity contribution < 1.29 is 5.11 Å². The van der Waals surface area contributed by atoms with Gasteiger partial charge in [0, 0.05) is 12.1 Å². The SMILES string of the molecule is CCn1c2cc(C)c(C)cc2n2c(CO)c(-c3ccccc3)nc12. The lowest BCUT2D eigenvalue weighted by Gasteiger charge is -2.05. The number of nitrogens with zero attached hydrogens (tertiary/aromatic N) is 3. The van der Waals surface area contributed by atoms with Gasteiger partial charge >= 0.3 is 0 Å². The number of aryl methyl sites for hydroxylation is 3. The van der Waals surface area contributed by atoms with Crippen molar-refractivity contribution >= 4 is 16.8 Å². The summed E-state index contributed by atoms with van der Waals surface area (Å²) in [6.45, 7) is 7.18.